The monoisotopic (exact) mass is 257 g/mol. The molecule has 2 rings (SSSR count). The Morgan fingerprint density at radius 2 is 2.12 bits per heavy atom. The van der Waals surface area contributed by atoms with Gasteiger partial charge in [0, 0.05) is 25.2 Å². The topological polar surface area (TPSA) is 67.6 Å². The van der Waals surface area contributed by atoms with Crippen LogP contribution in [0.4, 0.5) is 11.4 Å². The summed E-state index contributed by atoms with van der Waals surface area (Å²) in [5, 5.41) is 12.9. The second-order valence-corrected chi connectivity index (χ2v) is 4.04. The lowest BCUT2D eigenvalue weighted by molar-refractivity contribution is -0.384. The van der Waals surface area contributed by atoms with E-state index >= 15 is 0 Å². The van der Waals surface area contributed by atoms with E-state index in [1.165, 1.54) is 12.1 Å². The number of anilines is 1. The van der Waals surface area contributed by atoms with Crippen LogP contribution in [0.5, 0.6) is 0 Å². The Bertz CT molecular complexity index is 421. The number of benzene rings is 1. The van der Waals surface area contributed by atoms with Crippen LogP contribution in [-0.2, 0) is 4.74 Å². The molecule has 0 saturated carbocycles. The SMILES string of the molecule is O=[N+]([O-])c1ccc(NN2CCOCC2)c(Cl)c1. The number of hydrogen-bond acceptors (Lipinski definition) is 5. The molecule has 1 saturated heterocycles. The van der Waals surface area contributed by atoms with Gasteiger partial charge in [-0.05, 0) is 6.07 Å². The molecule has 0 aromatic heterocycles. The van der Waals surface area contributed by atoms with Gasteiger partial charge in [-0.2, -0.15) is 0 Å². The van der Waals surface area contributed by atoms with Crippen molar-refractivity contribution in [2.75, 3.05) is 31.7 Å². The highest BCUT2D eigenvalue weighted by Gasteiger charge is 2.13. The van der Waals surface area contributed by atoms with E-state index in [9.17, 15) is 10.1 Å². The lowest BCUT2D eigenvalue weighted by Crippen LogP contribution is -2.40. The Labute approximate surface area is 103 Å². The van der Waals surface area contributed by atoms with E-state index in [1.54, 1.807) is 6.07 Å². The molecule has 17 heavy (non-hydrogen) atoms. The highest BCUT2D eigenvalue weighted by molar-refractivity contribution is 6.33. The van der Waals surface area contributed by atoms with Crippen LogP contribution in [0.3, 0.4) is 0 Å². The third-order valence-corrected chi connectivity index (χ3v) is 2.77. The Kier molecular flexibility index (Phi) is 3.78. The van der Waals surface area contributed by atoms with Gasteiger partial charge in [-0.15, -0.1) is 0 Å². The quantitative estimate of drug-likeness (QED) is 0.662. The molecule has 0 atom stereocenters. The summed E-state index contributed by atoms with van der Waals surface area (Å²) in [5.41, 5.74) is 3.77. The summed E-state index contributed by atoms with van der Waals surface area (Å²) in [5.74, 6) is 0. The standard InChI is InChI=1S/C10H12ClN3O3/c11-9-7-8(14(15)16)1-2-10(9)12-13-3-5-17-6-4-13/h1-2,7,12H,3-6H2. The average molecular weight is 258 g/mol. The first-order valence-electron chi connectivity index (χ1n) is 5.20. The number of nitrogens with one attached hydrogen (secondary N) is 1. The number of nitrogens with zero attached hydrogens (tertiary/aromatic N) is 2. The number of hydrogen-bond donors (Lipinski definition) is 1. The minimum atomic E-state index is -0.468. The predicted molar refractivity (Wildman–Crippen MR) is 64.1 cm³/mol. The van der Waals surface area contributed by atoms with Crippen molar-refractivity contribution in [3.63, 3.8) is 0 Å². The molecule has 1 aliphatic heterocycles. The highest BCUT2D eigenvalue weighted by atomic mass is 35.5. The van der Waals surface area contributed by atoms with Crippen molar-refractivity contribution < 1.29 is 9.66 Å². The average Bonchev–Trinajstić information content (AvgIpc) is 2.33. The van der Waals surface area contributed by atoms with E-state index in [4.69, 9.17) is 16.3 Å². The van der Waals surface area contributed by atoms with Gasteiger partial charge in [-0.25, -0.2) is 5.01 Å². The summed E-state index contributed by atoms with van der Waals surface area (Å²) in [4.78, 5) is 10.1. The molecule has 1 N–H and O–H groups in total. The van der Waals surface area contributed by atoms with Crippen LogP contribution in [0, 0.1) is 10.1 Å². The third-order valence-electron chi connectivity index (χ3n) is 2.45. The van der Waals surface area contributed by atoms with Crippen molar-refractivity contribution in [1.29, 1.82) is 0 Å². The van der Waals surface area contributed by atoms with Crippen LogP contribution in [0.25, 0.3) is 0 Å². The smallest absolute Gasteiger partial charge is 0.271 e. The molecule has 0 spiro atoms. The molecule has 1 aromatic carbocycles. The summed E-state index contributed by atoms with van der Waals surface area (Å²) < 4.78 is 5.21. The van der Waals surface area contributed by atoms with Crippen molar-refractivity contribution in [2.45, 2.75) is 0 Å². The van der Waals surface area contributed by atoms with Gasteiger partial charge in [0.05, 0.1) is 28.8 Å². The Morgan fingerprint density at radius 1 is 1.41 bits per heavy atom. The Hall–Kier alpha value is -1.37. The summed E-state index contributed by atoms with van der Waals surface area (Å²) in [6.07, 6.45) is 0. The predicted octanol–water partition coefficient (Wildman–Crippen LogP) is 1.91. The summed E-state index contributed by atoms with van der Waals surface area (Å²) in [7, 11) is 0. The minimum Gasteiger partial charge on any atom is -0.379 e. The molecule has 0 amide bonds. The normalized spacial score (nSPS) is 16.8. The number of ether oxygens (including phenoxy) is 1. The summed E-state index contributed by atoms with van der Waals surface area (Å²) >= 11 is 5.97. The van der Waals surface area contributed by atoms with Gasteiger partial charge in [0.1, 0.15) is 0 Å². The fourth-order valence-electron chi connectivity index (χ4n) is 1.55. The third kappa shape index (κ3) is 3.06. The lowest BCUT2D eigenvalue weighted by Gasteiger charge is -2.28. The molecule has 0 aliphatic carbocycles. The van der Waals surface area contributed by atoms with E-state index in [2.05, 4.69) is 5.43 Å². The summed E-state index contributed by atoms with van der Waals surface area (Å²) in [6.45, 7) is 2.84. The number of nitro benzene ring substituents is 1. The van der Waals surface area contributed by atoms with Crippen molar-refractivity contribution in [3.05, 3.63) is 33.3 Å². The van der Waals surface area contributed by atoms with Gasteiger partial charge in [-0.1, -0.05) is 11.6 Å². The molecule has 1 aliphatic rings. The molecule has 0 radical (unpaired) electrons. The van der Waals surface area contributed by atoms with E-state index in [1.807, 2.05) is 5.01 Å². The lowest BCUT2D eigenvalue weighted by atomic mass is 10.3. The zero-order valence-electron chi connectivity index (χ0n) is 9.06. The fraction of sp³-hybridized carbons (Fsp3) is 0.400. The number of nitro groups is 1. The molecule has 1 aromatic rings. The van der Waals surface area contributed by atoms with Crippen LogP contribution in [0.1, 0.15) is 0 Å². The maximum Gasteiger partial charge on any atom is 0.271 e. The summed E-state index contributed by atoms with van der Waals surface area (Å²) in [6, 6.07) is 4.37. The zero-order chi connectivity index (χ0) is 12.3. The van der Waals surface area contributed by atoms with E-state index in [0.717, 1.165) is 13.1 Å². The van der Waals surface area contributed by atoms with E-state index in [-0.39, 0.29) is 5.69 Å². The van der Waals surface area contributed by atoms with Gasteiger partial charge < -0.3 is 10.2 Å². The minimum absolute atomic E-state index is 0.0115. The number of rotatable bonds is 3. The maximum absolute atomic E-state index is 10.6. The van der Waals surface area contributed by atoms with Gasteiger partial charge in [0.25, 0.3) is 5.69 Å². The number of hydrazine groups is 1. The van der Waals surface area contributed by atoms with Crippen LogP contribution < -0.4 is 5.43 Å². The van der Waals surface area contributed by atoms with Gasteiger partial charge in [0.15, 0.2) is 0 Å². The first kappa shape index (κ1) is 12.1. The fourth-order valence-corrected chi connectivity index (χ4v) is 1.77. The van der Waals surface area contributed by atoms with Gasteiger partial charge in [0.2, 0.25) is 0 Å². The Morgan fingerprint density at radius 3 is 2.71 bits per heavy atom. The van der Waals surface area contributed by atoms with E-state index in [0.29, 0.717) is 23.9 Å². The van der Waals surface area contributed by atoms with Crippen molar-refractivity contribution in [2.24, 2.45) is 0 Å². The van der Waals surface area contributed by atoms with Gasteiger partial charge in [-0.3, -0.25) is 10.1 Å². The molecule has 0 bridgehead atoms. The molecule has 0 unspecified atom stereocenters. The molecular weight excluding hydrogens is 246 g/mol. The molecule has 1 heterocycles. The number of non-ortho nitro benzene ring substituents is 1. The first-order chi connectivity index (χ1) is 8.16. The molecule has 6 nitrogen and oxygen atoms in total. The van der Waals surface area contributed by atoms with Crippen LogP contribution >= 0.6 is 11.6 Å². The number of morpholine rings is 1. The second-order valence-electron chi connectivity index (χ2n) is 3.63. The molecule has 7 heteroatoms. The number of halogens is 1. The second kappa shape index (κ2) is 5.31. The maximum atomic E-state index is 10.6. The van der Waals surface area contributed by atoms with Crippen molar-refractivity contribution >= 4 is 23.0 Å². The van der Waals surface area contributed by atoms with Crippen molar-refractivity contribution in [1.82, 2.24) is 5.01 Å². The highest BCUT2D eigenvalue weighted by Crippen LogP contribution is 2.27. The van der Waals surface area contributed by atoms with Gasteiger partial charge >= 0.3 is 0 Å². The van der Waals surface area contributed by atoms with Crippen LogP contribution in [0.2, 0.25) is 5.02 Å². The largest absolute Gasteiger partial charge is 0.379 e. The van der Waals surface area contributed by atoms with Crippen LogP contribution in [0.15, 0.2) is 18.2 Å². The van der Waals surface area contributed by atoms with E-state index < -0.39 is 4.92 Å². The first-order valence-corrected chi connectivity index (χ1v) is 5.58. The molecule has 92 valence electrons. The van der Waals surface area contributed by atoms with Crippen LogP contribution in [-0.4, -0.2) is 36.2 Å². The molecular formula is C10H12ClN3O3. The Balaban J connectivity index is 2.08. The zero-order valence-corrected chi connectivity index (χ0v) is 9.81. The molecule has 1 fully saturated rings. The van der Waals surface area contributed by atoms with Crippen molar-refractivity contribution in [3.8, 4) is 0 Å².